The van der Waals surface area contributed by atoms with Crippen LogP contribution in [0.2, 0.25) is 0 Å². The van der Waals surface area contributed by atoms with Crippen LogP contribution < -0.4 is 5.32 Å². The Balaban J connectivity index is 2.19. The van der Waals surface area contributed by atoms with Crippen molar-refractivity contribution in [1.82, 2.24) is 5.32 Å². The fourth-order valence-electron chi connectivity index (χ4n) is 1.87. The maximum atomic E-state index is 11.6. The zero-order valence-corrected chi connectivity index (χ0v) is 12.4. The van der Waals surface area contributed by atoms with Crippen LogP contribution in [0.3, 0.4) is 0 Å². The minimum atomic E-state index is -1.12. The van der Waals surface area contributed by atoms with Gasteiger partial charge in [0.05, 0.1) is 6.54 Å². The van der Waals surface area contributed by atoms with Crippen molar-refractivity contribution in [3.8, 4) is 0 Å². The Hall–Kier alpha value is -1.17. The summed E-state index contributed by atoms with van der Waals surface area (Å²) in [6.07, 6.45) is 1.30. The van der Waals surface area contributed by atoms with Crippen LogP contribution in [0.4, 0.5) is 0 Å². The van der Waals surface area contributed by atoms with E-state index in [0.717, 1.165) is 16.2 Å². The number of hydrogen-bond acceptors (Lipinski definition) is 4. The third kappa shape index (κ3) is 3.23. The first-order valence-corrected chi connectivity index (χ1v) is 8.00. The van der Waals surface area contributed by atoms with E-state index in [2.05, 4.69) is 5.32 Å². The number of carbonyl (C=O) groups excluding carboxylic acids is 1. The molecular formula is C14H17NO2S2. The van der Waals surface area contributed by atoms with Crippen LogP contribution in [-0.4, -0.2) is 17.6 Å². The van der Waals surface area contributed by atoms with Gasteiger partial charge in [-0.05, 0) is 29.3 Å². The fourth-order valence-corrected chi connectivity index (χ4v) is 3.61. The molecule has 102 valence electrons. The molecule has 0 aliphatic heterocycles. The zero-order chi connectivity index (χ0) is 13.7. The summed E-state index contributed by atoms with van der Waals surface area (Å²) >= 11 is 3.00. The third-order valence-corrected chi connectivity index (χ3v) is 4.92. The predicted molar refractivity (Wildman–Crippen MR) is 79.6 cm³/mol. The van der Waals surface area contributed by atoms with Crippen LogP contribution in [0.15, 0.2) is 35.0 Å². The molecule has 2 aromatic rings. The van der Waals surface area contributed by atoms with Crippen LogP contribution >= 0.6 is 22.7 Å². The van der Waals surface area contributed by atoms with Gasteiger partial charge < -0.3 is 10.4 Å². The third-order valence-electron chi connectivity index (χ3n) is 2.88. The molecule has 0 fully saturated rings. The first-order valence-electron chi connectivity index (χ1n) is 6.24. The average molecular weight is 295 g/mol. The molecule has 0 radical (unpaired) electrons. The van der Waals surface area contributed by atoms with Crippen molar-refractivity contribution in [1.29, 1.82) is 0 Å². The monoisotopic (exact) mass is 295 g/mol. The number of hydrogen-bond donors (Lipinski definition) is 2. The quantitative estimate of drug-likeness (QED) is 0.861. The highest BCUT2D eigenvalue weighted by molar-refractivity contribution is 7.11. The van der Waals surface area contributed by atoms with Crippen LogP contribution in [0.1, 0.15) is 29.5 Å². The van der Waals surface area contributed by atoms with Crippen molar-refractivity contribution in [3.63, 3.8) is 0 Å². The van der Waals surface area contributed by atoms with E-state index >= 15 is 0 Å². The van der Waals surface area contributed by atoms with Gasteiger partial charge in [0.25, 0.3) is 0 Å². The average Bonchev–Trinajstić information content (AvgIpc) is 3.08. The first-order chi connectivity index (χ1) is 9.16. The second-order valence-electron chi connectivity index (χ2n) is 4.34. The minimum absolute atomic E-state index is 0.0194. The predicted octanol–water partition coefficient (Wildman–Crippen LogP) is 2.96. The molecular weight excluding hydrogens is 278 g/mol. The summed E-state index contributed by atoms with van der Waals surface area (Å²) in [5, 5.41) is 17.6. The van der Waals surface area contributed by atoms with Crippen LogP contribution in [-0.2, 0) is 10.4 Å². The van der Waals surface area contributed by atoms with Crippen molar-refractivity contribution in [2.45, 2.75) is 25.4 Å². The topological polar surface area (TPSA) is 49.3 Å². The molecule has 0 saturated carbocycles. The van der Waals surface area contributed by atoms with Gasteiger partial charge in [-0.1, -0.05) is 19.1 Å². The molecule has 2 rings (SSSR count). The first kappa shape index (κ1) is 14.2. The molecule has 0 atom stereocenters. The number of carbonyl (C=O) groups is 1. The molecule has 0 aliphatic carbocycles. The Morgan fingerprint density at radius 3 is 2.26 bits per heavy atom. The SMILES string of the molecule is CCCC(=O)NCC(O)(c1cccs1)c1cccs1. The molecule has 0 unspecified atom stereocenters. The Bertz CT molecular complexity index is 471. The lowest BCUT2D eigenvalue weighted by Crippen LogP contribution is -2.40. The maximum absolute atomic E-state index is 11.6. The number of thiophene rings is 2. The summed E-state index contributed by atoms with van der Waals surface area (Å²) in [6, 6.07) is 7.62. The molecule has 19 heavy (non-hydrogen) atoms. The molecule has 0 saturated heterocycles. The molecule has 5 heteroatoms. The molecule has 0 bridgehead atoms. The van der Waals surface area contributed by atoms with Crippen molar-refractivity contribution < 1.29 is 9.90 Å². The smallest absolute Gasteiger partial charge is 0.220 e. The number of aliphatic hydroxyl groups is 1. The summed E-state index contributed by atoms with van der Waals surface area (Å²) in [7, 11) is 0. The van der Waals surface area contributed by atoms with E-state index in [9.17, 15) is 9.90 Å². The lowest BCUT2D eigenvalue weighted by molar-refractivity contribution is -0.122. The van der Waals surface area contributed by atoms with Gasteiger partial charge in [-0.2, -0.15) is 0 Å². The van der Waals surface area contributed by atoms with E-state index in [1.165, 1.54) is 22.7 Å². The van der Waals surface area contributed by atoms with Gasteiger partial charge >= 0.3 is 0 Å². The van der Waals surface area contributed by atoms with E-state index in [-0.39, 0.29) is 12.5 Å². The van der Waals surface area contributed by atoms with Crippen molar-refractivity contribution >= 4 is 28.6 Å². The van der Waals surface area contributed by atoms with Gasteiger partial charge in [0.2, 0.25) is 5.91 Å². The van der Waals surface area contributed by atoms with Crippen molar-refractivity contribution in [3.05, 3.63) is 44.8 Å². The van der Waals surface area contributed by atoms with Gasteiger partial charge in [0.15, 0.2) is 0 Å². The second-order valence-corrected chi connectivity index (χ2v) is 6.24. The molecule has 2 heterocycles. The molecule has 0 aromatic carbocycles. The van der Waals surface area contributed by atoms with E-state index in [0.29, 0.717) is 6.42 Å². The van der Waals surface area contributed by atoms with Gasteiger partial charge in [-0.25, -0.2) is 0 Å². The van der Waals surface area contributed by atoms with Gasteiger partial charge in [-0.15, -0.1) is 22.7 Å². The molecule has 3 nitrogen and oxygen atoms in total. The summed E-state index contributed by atoms with van der Waals surface area (Å²) < 4.78 is 0. The number of nitrogens with one attached hydrogen (secondary N) is 1. The Morgan fingerprint density at radius 1 is 1.26 bits per heavy atom. The zero-order valence-electron chi connectivity index (χ0n) is 10.8. The number of amides is 1. The van der Waals surface area contributed by atoms with E-state index < -0.39 is 5.60 Å². The van der Waals surface area contributed by atoms with Crippen molar-refractivity contribution in [2.24, 2.45) is 0 Å². The fraction of sp³-hybridized carbons (Fsp3) is 0.357. The highest BCUT2D eigenvalue weighted by Crippen LogP contribution is 2.34. The molecule has 1 amide bonds. The minimum Gasteiger partial charge on any atom is -0.377 e. The lowest BCUT2D eigenvalue weighted by Gasteiger charge is -2.26. The molecule has 0 spiro atoms. The molecule has 0 aliphatic rings. The van der Waals surface area contributed by atoms with E-state index in [4.69, 9.17) is 0 Å². The van der Waals surface area contributed by atoms with Crippen molar-refractivity contribution in [2.75, 3.05) is 6.54 Å². The second kappa shape index (κ2) is 6.32. The molecule has 2 aromatic heterocycles. The van der Waals surface area contributed by atoms with Crippen LogP contribution in [0.25, 0.3) is 0 Å². The Labute approximate surface area is 120 Å². The molecule has 2 N–H and O–H groups in total. The highest BCUT2D eigenvalue weighted by Gasteiger charge is 2.34. The maximum Gasteiger partial charge on any atom is 0.220 e. The largest absolute Gasteiger partial charge is 0.377 e. The number of rotatable bonds is 6. The van der Waals surface area contributed by atoms with Gasteiger partial charge in [-0.3, -0.25) is 4.79 Å². The van der Waals surface area contributed by atoms with Crippen LogP contribution in [0, 0.1) is 0 Å². The summed E-state index contributed by atoms with van der Waals surface area (Å²) in [5.74, 6) is -0.0194. The van der Waals surface area contributed by atoms with Gasteiger partial charge in [0.1, 0.15) is 5.60 Å². The van der Waals surface area contributed by atoms with Crippen LogP contribution in [0.5, 0.6) is 0 Å². The summed E-state index contributed by atoms with van der Waals surface area (Å²) in [4.78, 5) is 13.3. The highest BCUT2D eigenvalue weighted by atomic mass is 32.1. The van der Waals surface area contributed by atoms with E-state index in [1.54, 1.807) is 0 Å². The van der Waals surface area contributed by atoms with E-state index in [1.807, 2.05) is 41.9 Å². The summed E-state index contributed by atoms with van der Waals surface area (Å²) in [6.45, 7) is 2.18. The summed E-state index contributed by atoms with van der Waals surface area (Å²) in [5.41, 5.74) is -1.12. The Kier molecular flexibility index (Phi) is 4.74. The Morgan fingerprint density at radius 2 is 1.84 bits per heavy atom. The standard InChI is InChI=1S/C14H17NO2S2/c1-2-5-13(16)15-10-14(17,11-6-3-8-18-11)12-7-4-9-19-12/h3-4,6-9,17H,2,5,10H2,1H3,(H,15,16). The normalized spacial score (nSPS) is 11.5. The lowest BCUT2D eigenvalue weighted by atomic mass is 9.99. The van der Waals surface area contributed by atoms with Gasteiger partial charge in [0, 0.05) is 16.2 Å².